The number of carbonyl (C=O) groups excluding carboxylic acids is 1. The lowest BCUT2D eigenvalue weighted by Crippen LogP contribution is -1.69. The SMILES string of the molecule is CC(C)=O.O.O=CO.O=P(O)(O)O. The van der Waals surface area contributed by atoms with Gasteiger partial charge in [0, 0.05) is 0 Å². The highest BCUT2D eigenvalue weighted by atomic mass is 31.2. The van der Waals surface area contributed by atoms with Gasteiger partial charge >= 0.3 is 7.82 Å². The first-order valence-electron chi connectivity index (χ1n) is 2.48. The van der Waals surface area contributed by atoms with Crippen LogP contribution in [0.15, 0.2) is 0 Å². The summed E-state index contributed by atoms with van der Waals surface area (Å²) in [6.45, 7) is 2.81. The predicted molar refractivity (Wildman–Crippen MR) is 42.9 cm³/mol. The minimum atomic E-state index is -4.64. The van der Waals surface area contributed by atoms with Gasteiger partial charge in [0.25, 0.3) is 6.47 Å². The quantitative estimate of drug-likeness (QED) is 0.286. The third-order valence-corrected chi connectivity index (χ3v) is 0. The standard InChI is InChI=1S/C3H6O.CH2O2.H3O4P.H2O/c1-3(2)4;2-1-3;1-5(2,3)4;/h1-2H3;1H,(H,2,3);(H3,1,2,3,4);1H2. The number of hydrogen-bond donors (Lipinski definition) is 4. The van der Waals surface area contributed by atoms with E-state index in [1.807, 2.05) is 0 Å². The van der Waals surface area contributed by atoms with E-state index in [2.05, 4.69) is 0 Å². The van der Waals surface area contributed by atoms with E-state index in [-0.39, 0.29) is 17.7 Å². The normalized spacial score (nSPS) is 7.46. The lowest BCUT2D eigenvalue weighted by molar-refractivity contribution is -0.123. The third-order valence-electron chi connectivity index (χ3n) is 0. The average Bonchev–Trinajstić information content (AvgIpc) is 1.56. The van der Waals surface area contributed by atoms with Crippen LogP contribution in [0.2, 0.25) is 0 Å². The topological polar surface area (TPSA) is 164 Å². The largest absolute Gasteiger partial charge is 0.483 e. The second kappa shape index (κ2) is 13.8. The maximum Gasteiger partial charge on any atom is 0.466 e. The van der Waals surface area contributed by atoms with Gasteiger partial charge in [0.15, 0.2) is 0 Å². The maximum atomic E-state index is 9.44. The lowest BCUT2D eigenvalue weighted by atomic mass is 10.6. The highest BCUT2D eigenvalue weighted by Gasteiger charge is 2.00. The van der Waals surface area contributed by atoms with Gasteiger partial charge in [-0.05, 0) is 13.8 Å². The summed E-state index contributed by atoms with van der Waals surface area (Å²) in [7, 11) is -4.64. The fourth-order valence-corrected chi connectivity index (χ4v) is 0. The number of hydrogen-bond acceptors (Lipinski definition) is 3. The van der Waals surface area contributed by atoms with Gasteiger partial charge in [-0.2, -0.15) is 0 Å². The Morgan fingerprint density at radius 2 is 1.23 bits per heavy atom. The molecule has 0 fully saturated rings. The van der Waals surface area contributed by atoms with E-state index in [1.165, 1.54) is 13.8 Å². The van der Waals surface area contributed by atoms with E-state index in [0.717, 1.165) is 0 Å². The monoisotopic (exact) mass is 220 g/mol. The zero-order valence-electron chi connectivity index (χ0n) is 7.04. The molecule has 0 bridgehead atoms. The van der Waals surface area contributed by atoms with Crippen LogP contribution in [-0.4, -0.2) is 37.5 Å². The molecule has 0 aliphatic carbocycles. The van der Waals surface area contributed by atoms with Gasteiger partial charge in [0.05, 0.1) is 0 Å². The Morgan fingerprint density at radius 1 is 1.23 bits per heavy atom. The van der Waals surface area contributed by atoms with E-state index >= 15 is 0 Å². The van der Waals surface area contributed by atoms with Crippen molar-refractivity contribution in [3.63, 3.8) is 0 Å². The number of Topliss-reactive ketones (excluding diaryl/α,β-unsaturated/α-hetero) is 1. The van der Waals surface area contributed by atoms with Crippen molar-refractivity contribution < 1.29 is 39.4 Å². The fraction of sp³-hybridized carbons (Fsp3) is 0.500. The van der Waals surface area contributed by atoms with Crippen LogP contribution in [0.1, 0.15) is 13.8 Å². The molecule has 0 aromatic carbocycles. The van der Waals surface area contributed by atoms with E-state index in [4.69, 9.17) is 29.1 Å². The molecule has 0 saturated carbocycles. The summed E-state index contributed by atoms with van der Waals surface area (Å²) in [5, 5.41) is 6.89. The molecule has 82 valence electrons. The Labute approximate surface area is 74.4 Å². The molecule has 0 atom stereocenters. The minimum absolute atomic E-state index is 0. The molecule has 0 unspecified atom stereocenters. The maximum absolute atomic E-state index is 9.44. The van der Waals surface area contributed by atoms with E-state index in [1.54, 1.807) is 0 Å². The van der Waals surface area contributed by atoms with Gasteiger partial charge < -0.3 is 30.1 Å². The van der Waals surface area contributed by atoms with Gasteiger partial charge in [-0.1, -0.05) is 0 Å². The van der Waals surface area contributed by atoms with Crippen LogP contribution in [0.25, 0.3) is 0 Å². The molecule has 0 spiro atoms. The number of carbonyl (C=O) groups is 2. The fourth-order valence-electron chi connectivity index (χ4n) is 0. The van der Waals surface area contributed by atoms with Crippen LogP contribution in [0, 0.1) is 0 Å². The lowest BCUT2D eigenvalue weighted by Gasteiger charge is -1.82. The molecular formula is C4H13O8P. The van der Waals surface area contributed by atoms with Gasteiger partial charge in [-0.3, -0.25) is 4.79 Å². The molecule has 0 aromatic rings. The summed E-state index contributed by atoms with van der Waals surface area (Å²) in [6.07, 6.45) is 0. The molecule has 9 heteroatoms. The minimum Gasteiger partial charge on any atom is -0.483 e. The Hall–Kier alpha value is -0.790. The van der Waals surface area contributed by atoms with Crippen molar-refractivity contribution in [3.8, 4) is 0 Å². The molecule has 0 radical (unpaired) electrons. The number of carboxylic acid groups (broad SMARTS) is 1. The second-order valence-electron chi connectivity index (χ2n) is 1.53. The van der Waals surface area contributed by atoms with Crippen LogP contribution >= 0.6 is 7.82 Å². The first-order valence-corrected chi connectivity index (χ1v) is 4.05. The molecule has 0 aliphatic heterocycles. The molecule has 0 heterocycles. The molecule has 13 heavy (non-hydrogen) atoms. The van der Waals surface area contributed by atoms with Gasteiger partial charge in [-0.25, -0.2) is 4.57 Å². The highest BCUT2D eigenvalue weighted by molar-refractivity contribution is 7.45. The molecule has 0 aromatic heterocycles. The average molecular weight is 220 g/mol. The van der Waals surface area contributed by atoms with Crippen LogP contribution < -0.4 is 0 Å². The van der Waals surface area contributed by atoms with E-state index < -0.39 is 7.82 Å². The summed E-state index contributed by atoms with van der Waals surface area (Å²) in [5.41, 5.74) is 0. The summed E-state index contributed by atoms with van der Waals surface area (Å²) in [4.78, 5) is 39.4. The number of phosphoric acid groups is 1. The molecular weight excluding hydrogens is 207 g/mol. The Kier molecular flexibility index (Phi) is 24.1. The van der Waals surface area contributed by atoms with Crippen molar-refractivity contribution in [2.24, 2.45) is 0 Å². The van der Waals surface area contributed by atoms with E-state index in [0.29, 0.717) is 0 Å². The second-order valence-corrected chi connectivity index (χ2v) is 2.55. The third kappa shape index (κ3) is 1520. The van der Waals surface area contributed by atoms with Gasteiger partial charge in [0.2, 0.25) is 0 Å². The van der Waals surface area contributed by atoms with Gasteiger partial charge in [0.1, 0.15) is 5.78 Å². The first-order chi connectivity index (χ1) is 5.15. The van der Waals surface area contributed by atoms with Crippen molar-refractivity contribution in [2.75, 3.05) is 0 Å². The zero-order chi connectivity index (χ0) is 10.8. The molecule has 6 N–H and O–H groups in total. The molecule has 8 nitrogen and oxygen atoms in total. The molecule has 0 rings (SSSR count). The molecule has 0 saturated heterocycles. The predicted octanol–water partition coefficient (Wildman–Crippen LogP) is -1.46. The summed E-state index contributed by atoms with van der Waals surface area (Å²) >= 11 is 0. The van der Waals surface area contributed by atoms with E-state index in [9.17, 15) is 4.79 Å². The van der Waals surface area contributed by atoms with Crippen LogP contribution in [0.3, 0.4) is 0 Å². The summed E-state index contributed by atoms with van der Waals surface area (Å²) in [5.74, 6) is 0.167. The highest BCUT2D eigenvalue weighted by Crippen LogP contribution is 2.25. The van der Waals surface area contributed by atoms with Crippen molar-refractivity contribution >= 4 is 20.1 Å². The smallest absolute Gasteiger partial charge is 0.466 e. The van der Waals surface area contributed by atoms with Crippen LogP contribution in [0.4, 0.5) is 0 Å². The van der Waals surface area contributed by atoms with Crippen molar-refractivity contribution in [2.45, 2.75) is 13.8 Å². The van der Waals surface area contributed by atoms with Crippen molar-refractivity contribution in [1.29, 1.82) is 0 Å². The molecule has 0 amide bonds. The van der Waals surface area contributed by atoms with Crippen LogP contribution in [-0.2, 0) is 14.2 Å². The number of ketones is 1. The summed E-state index contributed by atoms with van der Waals surface area (Å²) in [6, 6.07) is 0. The van der Waals surface area contributed by atoms with Gasteiger partial charge in [-0.15, -0.1) is 0 Å². The zero-order valence-corrected chi connectivity index (χ0v) is 7.93. The number of rotatable bonds is 0. The Balaban J connectivity index is -0.0000000465. The van der Waals surface area contributed by atoms with Crippen molar-refractivity contribution in [1.82, 2.24) is 0 Å². The first kappa shape index (κ1) is 22.8. The Bertz CT molecular complexity index is 147. The van der Waals surface area contributed by atoms with Crippen molar-refractivity contribution in [3.05, 3.63) is 0 Å². The summed E-state index contributed by atoms with van der Waals surface area (Å²) < 4.78 is 8.88. The Morgan fingerprint density at radius 3 is 1.23 bits per heavy atom. The van der Waals surface area contributed by atoms with Crippen LogP contribution in [0.5, 0.6) is 0 Å². The molecule has 0 aliphatic rings.